The highest BCUT2D eigenvalue weighted by Crippen LogP contribution is 2.30. The van der Waals surface area contributed by atoms with Crippen LogP contribution in [0.1, 0.15) is 32.9 Å². The van der Waals surface area contributed by atoms with Crippen LogP contribution < -0.4 is 5.56 Å². The summed E-state index contributed by atoms with van der Waals surface area (Å²) in [7, 11) is 0. The van der Waals surface area contributed by atoms with Crippen LogP contribution in [0.3, 0.4) is 0 Å². The molecule has 0 aliphatic carbocycles. The maximum absolute atomic E-state index is 13.3. The summed E-state index contributed by atoms with van der Waals surface area (Å²) in [6.07, 6.45) is 1.63. The maximum atomic E-state index is 13.3. The number of aromatic nitrogens is 2. The van der Waals surface area contributed by atoms with E-state index in [4.69, 9.17) is 9.40 Å². The second-order valence-electron chi connectivity index (χ2n) is 7.05. The molecule has 0 radical (unpaired) electrons. The van der Waals surface area contributed by atoms with Crippen LogP contribution in [-0.4, -0.2) is 9.55 Å². The molecule has 0 spiro atoms. The lowest BCUT2D eigenvalue weighted by Crippen LogP contribution is -2.23. The lowest BCUT2D eigenvalue weighted by Gasteiger charge is -2.12. The van der Waals surface area contributed by atoms with Gasteiger partial charge in [0.15, 0.2) is 5.16 Å². The summed E-state index contributed by atoms with van der Waals surface area (Å²) in [5.41, 5.74) is 4.79. The summed E-state index contributed by atoms with van der Waals surface area (Å²) < 4.78 is 7.24. The molecule has 3 aromatic heterocycles. The van der Waals surface area contributed by atoms with Gasteiger partial charge in [0.25, 0.3) is 5.56 Å². The standard InChI is InChI=1S/C22H22N2O2S2/c1-13-7-8-14(2)17(10-13)12-27-22-23-20-19(15(3)16(4)28-20)21(25)24(22)11-18-6-5-9-26-18/h5-10H,11-12H2,1-4H3. The predicted molar refractivity (Wildman–Crippen MR) is 117 cm³/mol. The summed E-state index contributed by atoms with van der Waals surface area (Å²) in [5, 5.41) is 1.46. The van der Waals surface area contributed by atoms with Crippen molar-refractivity contribution in [3.05, 3.63) is 79.8 Å². The zero-order chi connectivity index (χ0) is 19.8. The molecule has 1 aromatic carbocycles. The van der Waals surface area contributed by atoms with Crippen LogP contribution in [0.15, 0.2) is 51.0 Å². The van der Waals surface area contributed by atoms with Crippen LogP contribution in [0.5, 0.6) is 0 Å². The summed E-state index contributed by atoms with van der Waals surface area (Å²) in [5.74, 6) is 1.52. The number of fused-ring (bicyclic) bond motifs is 1. The van der Waals surface area contributed by atoms with Crippen LogP contribution in [0.25, 0.3) is 10.2 Å². The number of thioether (sulfide) groups is 1. The average Bonchev–Trinajstić information content (AvgIpc) is 3.27. The summed E-state index contributed by atoms with van der Waals surface area (Å²) in [6.45, 7) is 8.65. The maximum Gasteiger partial charge on any atom is 0.263 e. The quantitative estimate of drug-likeness (QED) is 0.316. The lowest BCUT2D eigenvalue weighted by atomic mass is 10.1. The highest BCUT2D eigenvalue weighted by atomic mass is 32.2. The highest BCUT2D eigenvalue weighted by molar-refractivity contribution is 7.98. The van der Waals surface area contributed by atoms with Crippen molar-refractivity contribution in [1.82, 2.24) is 9.55 Å². The van der Waals surface area contributed by atoms with E-state index in [2.05, 4.69) is 32.0 Å². The van der Waals surface area contributed by atoms with Gasteiger partial charge in [-0.2, -0.15) is 0 Å². The van der Waals surface area contributed by atoms with Crippen molar-refractivity contribution in [3.63, 3.8) is 0 Å². The molecule has 4 aromatic rings. The zero-order valence-electron chi connectivity index (χ0n) is 16.4. The Bertz CT molecular complexity index is 1200. The van der Waals surface area contributed by atoms with Crippen LogP contribution in [-0.2, 0) is 12.3 Å². The van der Waals surface area contributed by atoms with Crippen LogP contribution in [0.4, 0.5) is 0 Å². The molecule has 6 heteroatoms. The van der Waals surface area contributed by atoms with Crippen molar-refractivity contribution in [2.75, 3.05) is 0 Å². The predicted octanol–water partition coefficient (Wildman–Crippen LogP) is 5.63. The van der Waals surface area contributed by atoms with E-state index >= 15 is 0 Å². The Labute approximate surface area is 172 Å². The van der Waals surface area contributed by atoms with Crippen molar-refractivity contribution >= 4 is 33.3 Å². The van der Waals surface area contributed by atoms with Gasteiger partial charge in [-0.25, -0.2) is 4.98 Å². The van der Waals surface area contributed by atoms with E-state index in [1.54, 1.807) is 33.9 Å². The second kappa shape index (κ2) is 7.60. The smallest absolute Gasteiger partial charge is 0.263 e. The third-order valence-electron chi connectivity index (χ3n) is 5.01. The van der Waals surface area contributed by atoms with Crippen molar-refractivity contribution in [2.45, 2.75) is 45.1 Å². The summed E-state index contributed by atoms with van der Waals surface area (Å²) >= 11 is 3.20. The largest absolute Gasteiger partial charge is 0.467 e. The Hall–Kier alpha value is -2.31. The van der Waals surface area contributed by atoms with E-state index < -0.39 is 0 Å². The first kappa shape index (κ1) is 19.0. The van der Waals surface area contributed by atoms with Crippen molar-refractivity contribution in [1.29, 1.82) is 0 Å². The molecule has 144 valence electrons. The number of hydrogen-bond acceptors (Lipinski definition) is 5. The molecule has 28 heavy (non-hydrogen) atoms. The first-order chi connectivity index (χ1) is 13.4. The molecular weight excluding hydrogens is 388 g/mol. The molecule has 0 N–H and O–H groups in total. The minimum absolute atomic E-state index is 0.00622. The fourth-order valence-electron chi connectivity index (χ4n) is 3.21. The summed E-state index contributed by atoms with van der Waals surface area (Å²) in [6, 6.07) is 10.2. The molecule has 0 bridgehead atoms. The number of rotatable bonds is 5. The van der Waals surface area contributed by atoms with E-state index in [0.717, 1.165) is 37.3 Å². The number of nitrogens with zero attached hydrogens (tertiary/aromatic N) is 2. The van der Waals surface area contributed by atoms with Gasteiger partial charge in [0.05, 0.1) is 18.2 Å². The lowest BCUT2D eigenvalue weighted by molar-refractivity contribution is 0.476. The molecule has 0 saturated heterocycles. The van der Waals surface area contributed by atoms with Crippen LogP contribution in [0.2, 0.25) is 0 Å². The van der Waals surface area contributed by atoms with Gasteiger partial charge >= 0.3 is 0 Å². The summed E-state index contributed by atoms with van der Waals surface area (Å²) in [4.78, 5) is 20.1. The molecule has 0 aliphatic heterocycles. The Kier molecular flexibility index (Phi) is 5.17. The first-order valence-electron chi connectivity index (χ1n) is 9.16. The normalized spacial score (nSPS) is 11.4. The molecule has 4 nitrogen and oxygen atoms in total. The molecule has 3 heterocycles. The minimum Gasteiger partial charge on any atom is -0.467 e. The molecule has 0 fully saturated rings. The number of benzene rings is 1. The average molecular weight is 411 g/mol. The van der Waals surface area contributed by atoms with Gasteiger partial charge in [-0.05, 0) is 56.5 Å². The van der Waals surface area contributed by atoms with Gasteiger partial charge in [-0.1, -0.05) is 35.5 Å². The topological polar surface area (TPSA) is 48.0 Å². The number of thiophene rings is 1. The number of aryl methyl sites for hydroxylation is 4. The Morgan fingerprint density at radius 1 is 1.18 bits per heavy atom. The minimum atomic E-state index is 0.00622. The molecule has 4 rings (SSSR count). The Morgan fingerprint density at radius 3 is 2.75 bits per heavy atom. The van der Waals surface area contributed by atoms with E-state index in [1.165, 1.54) is 16.7 Å². The highest BCUT2D eigenvalue weighted by Gasteiger charge is 2.18. The zero-order valence-corrected chi connectivity index (χ0v) is 18.0. The molecule has 0 aliphatic rings. The van der Waals surface area contributed by atoms with Crippen molar-refractivity contribution in [2.24, 2.45) is 0 Å². The van der Waals surface area contributed by atoms with E-state index in [-0.39, 0.29) is 5.56 Å². The molecule has 0 unspecified atom stereocenters. The van der Waals surface area contributed by atoms with Gasteiger partial charge in [0.2, 0.25) is 0 Å². The van der Waals surface area contributed by atoms with Crippen molar-refractivity contribution < 1.29 is 4.42 Å². The van der Waals surface area contributed by atoms with E-state index in [9.17, 15) is 4.79 Å². The van der Waals surface area contributed by atoms with Gasteiger partial charge in [-0.15, -0.1) is 11.3 Å². The van der Waals surface area contributed by atoms with Crippen molar-refractivity contribution in [3.8, 4) is 0 Å². The van der Waals surface area contributed by atoms with Gasteiger partial charge in [-0.3, -0.25) is 9.36 Å². The van der Waals surface area contributed by atoms with Gasteiger partial charge in [0.1, 0.15) is 10.6 Å². The molecule has 0 atom stereocenters. The second-order valence-corrected chi connectivity index (χ2v) is 9.19. The Balaban J connectivity index is 1.79. The van der Waals surface area contributed by atoms with E-state index in [1.807, 2.05) is 26.0 Å². The molecule has 0 amide bonds. The fraction of sp³-hybridized carbons (Fsp3) is 0.273. The van der Waals surface area contributed by atoms with Gasteiger partial charge in [0, 0.05) is 10.6 Å². The SMILES string of the molecule is Cc1ccc(C)c(CSc2nc3sc(C)c(C)c3c(=O)n2Cc2ccco2)c1. The number of furan rings is 1. The third kappa shape index (κ3) is 3.54. The molecule has 0 saturated carbocycles. The third-order valence-corrected chi connectivity index (χ3v) is 7.14. The van der Waals surface area contributed by atoms with E-state index in [0.29, 0.717) is 6.54 Å². The molecular formula is C22H22N2O2S2. The number of hydrogen-bond donors (Lipinski definition) is 0. The van der Waals surface area contributed by atoms with Crippen LogP contribution >= 0.6 is 23.1 Å². The first-order valence-corrected chi connectivity index (χ1v) is 11.0. The fourth-order valence-corrected chi connectivity index (χ4v) is 5.35. The monoisotopic (exact) mass is 410 g/mol. The Morgan fingerprint density at radius 2 is 2.00 bits per heavy atom. The van der Waals surface area contributed by atoms with Crippen LogP contribution in [0, 0.1) is 27.7 Å². The van der Waals surface area contributed by atoms with Gasteiger partial charge < -0.3 is 4.42 Å².